The van der Waals surface area contributed by atoms with Gasteiger partial charge < -0.3 is 19.3 Å². The zero-order valence-electron chi connectivity index (χ0n) is 17.1. The number of hydrogen-bond donors (Lipinski definition) is 0. The highest BCUT2D eigenvalue weighted by molar-refractivity contribution is 5.85. The van der Waals surface area contributed by atoms with E-state index in [2.05, 4.69) is 6.92 Å². The van der Waals surface area contributed by atoms with Crippen molar-refractivity contribution in [2.45, 2.75) is 59.3 Å². The Morgan fingerprint density at radius 2 is 1.46 bits per heavy atom. The Morgan fingerprint density at radius 1 is 0.846 bits per heavy atom. The zero-order valence-corrected chi connectivity index (χ0v) is 17.1. The van der Waals surface area contributed by atoms with Crippen LogP contribution in [-0.2, 0) is 19.1 Å². The Balaban J connectivity index is 3.95. The van der Waals surface area contributed by atoms with E-state index < -0.39 is 12.1 Å². The van der Waals surface area contributed by atoms with Crippen molar-refractivity contribution >= 4 is 18.0 Å². The van der Waals surface area contributed by atoms with Crippen LogP contribution in [0.15, 0.2) is 0 Å². The number of esters is 1. The van der Waals surface area contributed by atoms with Gasteiger partial charge in [0.05, 0.1) is 13.2 Å². The monoisotopic (exact) mass is 372 g/mol. The van der Waals surface area contributed by atoms with Gasteiger partial charge in [-0.3, -0.25) is 9.59 Å². The maximum absolute atomic E-state index is 12.1. The lowest BCUT2D eigenvalue weighted by atomic mass is 10.1. The Morgan fingerprint density at radius 3 is 2.08 bits per heavy atom. The molecule has 0 fully saturated rings. The molecule has 0 unspecified atom stereocenters. The quantitative estimate of drug-likeness (QED) is 0.367. The molecule has 0 aliphatic rings. The van der Waals surface area contributed by atoms with Crippen molar-refractivity contribution in [3.63, 3.8) is 0 Å². The standard InChI is InChI=1S/C19H36N2O5/c1-6-7-8-9-10-11-12-25-18(23)14-20(4)17(22)13-21(5)19(24)26-15-16(2)3/h16H,6-15H2,1-5H3. The highest BCUT2D eigenvalue weighted by atomic mass is 16.6. The highest BCUT2D eigenvalue weighted by Crippen LogP contribution is 2.05. The van der Waals surface area contributed by atoms with Gasteiger partial charge in [0, 0.05) is 14.1 Å². The lowest BCUT2D eigenvalue weighted by Gasteiger charge is -2.21. The van der Waals surface area contributed by atoms with Gasteiger partial charge in [0.1, 0.15) is 13.1 Å². The number of hydrogen-bond acceptors (Lipinski definition) is 5. The van der Waals surface area contributed by atoms with Crippen LogP contribution in [0.2, 0.25) is 0 Å². The minimum absolute atomic E-state index is 0.121. The number of ether oxygens (including phenoxy) is 2. The third-order valence-corrected chi connectivity index (χ3v) is 3.78. The summed E-state index contributed by atoms with van der Waals surface area (Å²) in [5.41, 5.74) is 0. The molecule has 0 rings (SSSR count). The molecule has 0 aromatic rings. The number of carbonyl (C=O) groups is 3. The molecule has 152 valence electrons. The second-order valence-electron chi connectivity index (χ2n) is 7.06. The Kier molecular flexibility index (Phi) is 13.4. The van der Waals surface area contributed by atoms with Crippen LogP contribution in [0.25, 0.3) is 0 Å². The van der Waals surface area contributed by atoms with Crippen molar-refractivity contribution in [2.75, 3.05) is 40.4 Å². The smallest absolute Gasteiger partial charge is 0.409 e. The van der Waals surface area contributed by atoms with Crippen LogP contribution in [-0.4, -0.2) is 68.2 Å². The van der Waals surface area contributed by atoms with Crippen molar-refractivity contribution in [3.8, 4) is 0 Å². The molecule has 0 aliphatic carbocycles. The molecule has 26 heavy (non-hydrogen) atoms. The molecule has 0 aromatic heterocycles. The molecule has 0 spiro atoms. The molecule has 0 radical (unpaired) electrons. The molecular weight excluding hydrogens is 336 g/mol. The average Bonchev–Trinajstić information content (AvgIpc) is 2.58. The van der Waals surface area contributed by atoms with Crippen molar-refractivity contribution in [3.05, 3.63) is 0 Å². The first-order valence-electron chi connectivity index (χ1n) is 9.55. The molecule has 0 N–H and O–H groups in total. The second-order valence-corrected chi connectivity index (χ2v) is 7.06. The van der Waals surface area contributed by atoms with Crippen LogP contribution >= 0.6 is 0 Å². The first kappa shape index (κ1) is 24.2. The van der Waals surface area contributed by atoms with Crippen LogP contribution < -0.4 is 0 Å². The predicted octanol–water partition coefficient (Wildman–Crippen LogP) is 3.07. The van der Waals surface area contributed by atoms with Crippen molar-refractivity contribution in [1.82, 2.24) is 9.80 Å². The van der Waals surface area contributed by atoms with Gasteiger partial charge in [-0.05, 0) is 12.3 Å². The fraction of sp³-hybridized carbons (Fsp3) is 0.842. The van der Waals surface area contributed by atoms with Crippen molar-refractivity contribution in [2.24, 2.45) is 5.92 Å². The van der Waals surface area contributed by atoms with E-state index in [-0.39, 0.29) is 24.9 Å². The number of nitrogens with zero attached hydrogens (tertiary/aromatic N) is 2. The van der Waals surface area contributed by atoms with E-state index in [1.54, 1.807) is 0 Å². The second kappa shape index (κ2) is 14.4. The van der Waals surface area contributed by atoms with Gasteiger partial charge >= 0.3 is 12.1 Å². The largest absolute Gasteiger partial charge is 0.464 e. The Labute approximate surface area is 158 Å². The summed E-state index contributed by atoms with van der Waals surface area (Å²) in [6.45, 7) is 6.46. The summed E-state index contributed by atoms with van der Waals surface area (Å²) in [6, 6.07) is 0. The summed E-state index contributed by atoms with van der Waals surface area (Å²) in [6.07, 6.45) is 6.17. The third kappa shape index (κ3) is 12.6. The minimum atomic E-state index is -0.550. The molecule has 0 atom stereocenters. The maximum Gasteiger partial charge on any atom is 0.409 e. The lowest BCUT2D eigenvalue weighted by molar-refractivity contribution is -0.148. The summed E-state index contributed by atoms with van der Waals surface area (Å²) < 4.78 is 10.2. The van der Waals surface area contributed by atoms with E-state index in [4.69, 9.17) is 9.47 Å². The first-order valence-corrected chi connectivity index (χ1v) is 9.55. The lowest BCUT2D eigenvalue weighted by Crippen LogP contribution is -2.42. The van der Waals surface area contributed by atoms with Crippen molar-refractivity contribution in [1.29, 1.82) is 0 Å². The van der Waals surface area contributed by atoms with Gasteiger partial charge in [-0.15, -0.1) is 0 Å². The topological polar surface area (TPSA) is 76.2 Å². The summed E-state index contributed by atoms with van der Waals surface area (Å²) in [5, 5.41) is 0. The predicted molar refractivity (Wildman–Crippen MR) is 101 cm³/mol. The van der Waals surface area contributed by atoms with E-state index in [1.807, 2.05) is 13.8 Å². The maximum atomic E-state index is 12.1. The van der Waals surface area contributed by atoms with Crippen molar-refractivity contribution < 1.29 is 23.9 Å². The van der Waals surface area contributed by atoms with Gasteiger partial charge in [-0.2, -0.15) is 0 Å². The fourth-order valence-corrected chi connectivity index (χ4v) is 2.13. The molecule has 0 saturated heterocycles. The first-order chi connectivity index (χ1) is 12.3. The number of likely N-dealkylation sites (N-methyl/N-ethyl adjacent to an activating group) is 2. The van der Waals surface area contributed by atoms with E-state index in [9.17, 15) is 14.4 Å². The number of carbonyl (C=O) groups excluding carboxylic acids is 3. The molecule has 0 aliphatic heterocycles. The molecular formula is C19H36N2O5. The summed E-state index contributed by atoms with van der Waals surface area (Å²) in [7, 11) is 3.01. The van der Waals surface area contributed by atoms with E-state index in [0.717, 1.165) is 19.3 Å². The van der Waals surface area contributed by atoms with Gasteiger partial charge in [0.2, 0.25) is 5.91 Å². The molecule has 0 aromatic carbocycles. The summed E-state index contributed by atoms with van der Waals surface area (Å²) in [4.78, 5) is 38.0. The Bertz CT molecular complexity index is 426. The van der Waals surface area contributed by atoms with Gasteiger partial charge in [-0.25, -0.2) is 4.79 Å². The van der Waals surface area contributed by atoms with Crippen LogP contribution in [0.3, 0.4) is 0 Å². The van der Waals surface area contributed by atoms with Gasteiger partial charge in [0.15, 0.2) is 0 Å². The van der Waals surface area contributed by atoms with E-state index >= 15 is 0 Å². The summed E-state index contributed by atoms with van der Waals surface area (Å²) in [5.74, 6) is -0.544. The molecule has 0 heterocycles. The van der Waals surface area contributed by atoms with E-state index in [1.165, 1.54) is 43.2 Å². The van der Waals surface area contributed by atoms with Crippen LogP contribution in [0.4, 0.5) is 4.79 Å². The molecule has 7 nitrogen and oxygen atoms in total. The molecule has 7 heteroatoms. The number of unbranched alkanes of at least 4 members (excludes halogenated alkanes) is 5. The van der Waals surface area contributed by atoms with Crippen LogP contribution in [0.1, 0.15) is 59.3 Å². The van der Waals surface area contributed by atoms with Gasteiger partial charge in [-0.1, -0.05) is 52.9 Å². The number of amides is 2. The molecule has 0 bridgehead atoms. The molecule has 0 saturated carbocycles. The van der Waals surface area contributed by atoms with E-state index in [0.29, 0.717) is 13.2 Å². The third-order valence-electron chi connectivity index (χ3n) is 3.78. The average molecular weight is 373 g/mol. The fourth-order valence-electron chi connectivity index (χ4n) is 2.13. The minimum Gasteiger partial charge on any atom is -0.464 e. The highest BCUT2D eigenvalue weighted by Gasteiger charge is 2.19. The van der Waals surface area contributed by atoms with Gasteiger partial charge in [0.25, 0.3) is 0 Å². The number of rotatable bonds is 13. The zero-order chi connectivity index (χ0) is 19.9. The summed E-state index contributed by atoms with van der Waals surface area (Å²) >= 11 is 0. The van der Waals surface area contributed by atoms with Crippen LogP contribution in [0, 0.1) is 5.92 Å². The molecule has 2 amide bonds. The van der Waals surface area contributed by atoms with Crippen LogP contribution in [0.5, 0.6) is 0 Å². The normalized spacial score (nSPS) is 10.5. The Hall–Kier alpha value is -1.79. The SMILES string of the molecule is CCCCCCCCOC(=O)CN(C)C(=O)CN(C)C(=O)OCC(C)C.